The fourth-order valence-corrected chi connectivity index (χ4v) is 1.98. The lowest BCUT2D eigenvalue weighted by Crippen LogP contribution is -2.36. The van der Waals surface area contributed by atoms with E-state index in [4.69, 9.17) is 10.3 Å². The first-order valence-electron chi connectivity index (χ1n) is 5.88. The molecule has 5 nitrogen and oxygen atoms in total. The third-order valence-electron chi connectivity index (χ3n) is 3.03. The molecular weight excluding hydrogens is 235 g/mol. The van der Waals surface area contributed by atoms with E-state index in [9.17, 15) is 4.39 Å². The monoisotopic (exact) mass is 250 g/mol. The Labute approximate surface area is 105 Å². The third kappa shape index (κ3) is 2.72. The summed E-state index contributed by atoms with van der Waals surface area (Å²) < 4.78 is 19.1. The maximum absolute atomic E-state index is 13.8. The molecule has 0 N–H and O–H groups in total. The summed E-state index contributed by atoms with van der Waals surface area (Å²) in [4.78, 5) is 4.72. The van der Waals surface area contributed by atoms with E-state index in [-0.39, 0.29) is 11.9 Å². The molecule has 1 aromatic carbocycles. The van der Waals surface area contributed by atoms with Gasteiger partial charge < -0.3 is 9.64 Å². The highest BCUT2D eigenvalue weighted by atomic mass is 19.1. The molecule has 2 rings (SSSR count). The van der Waals surface area contributed by atoms with Gasteiger partial charge in [-0.1, -0.05) is 18.1 Å². The Hall–Kier alpha value is -1.78. The van der Waals surface area contributed by atoms with Crippen molar-refractivity contribution in [2.45, 2.75) is 13.0 Å². The number of morpholine rings is 1. The fourth-order valence-electron chi connectivity index (χ4n) is 1.98. The molecule has 1 heterocycles. The Kier molecular flexibility index (Phi) is 4.02. The molecule has 1 aliphatic heterocycles. The predicted octanol–water partition coefficient (Wildman–Crippen LogP) is 3.03. The number of ether oxygens (including phenoxy) is 1. The number of hydrogen-bond donors (Lipinski definition) is 0. The van der Waals surface area contributed by atoms with Crippen molar-refractivity contribution in [1.82, 2.24) is 0 Å². The molecule has 1 saturated heterocycles. The SMILES string of the molecule is CC(N=[N+]=[N-])c1ccc(F)c(N2CCOCC2)c1. The van der Waals surface area contributed by atoms with Crippen LogP contribution in [0, 0.1) is 5.82 Å². The summed E-state index contributed by atoms with van der Waals surface area (Å²) in [6.07, 6.45) is 0. The first kappa shape index (κ1) is 12.7. The van der Waals surface area contributed by atoms with Gasteiger partial charge in [0, 0.05) is 18.0 Å². The van der Waals surface area contributed by atoms with Crippen LogP contribution in [0.5, 0.6) is 0 Å². The van der Waals surface area contributed by atoms with Crippen LogP contribution in [0.4, 0.5) is 10.1 Å². The van der Waals surface area contributed by atoms with Gasteiger partial charge in [0.15, 0.2) is 0 Å². The first-order valence-corrected chi connectivity index (χ1v) is 5.88. The highest BCUT2D eigenvalue weighted by Crippen LogP contribution is 2.26. The van der Waals surface area contributed by atoms with E-state index >= 15 is 0 Å². The van der Waals surface area contributed by atoms with Crippen molar-refractivity contribution in [3.05, 3.63) is 40.0 Å². The molecule has 1 fully saturated rings. The molecule has 0 amide bonds. The standard InChI is InChI=1S/C12H15FN4O/c1-9(15-16-14)10-2-3-11(13)12(8-10)17-4-6-18-7-5-17/h2-3,8-9H,4-7H2,1H3. The maximum atomic E-state index is 13.8. The Morgan fingerprint density at radius 3 is 2.83 bits per heavy atom. The number of hydrogen-bond acceptors (Lipinski definition) is 3. The van der Waals surface area contributed by atoms with Crippen LogP contribution in [0.3, 0.4) is 0 Å². The maximum Gasteiger partial charge on any atom is 0.146 e. The van der Waals surface area contributed by atoms with Crippen molar-refractivity contribution in [3.8, 4) is 0 Å². The second kappa shape index (κ2) is 5.71. The Balaban J connectivity index is 2.28. The number of nitrogens with zero attached hydrogens (tertiary/aromatic N) is 4. The van der Waals surface area contributed by atoms with E-state index in [0.29, 0.717) is 32.0 Å². The van der Waals surface area contributed by atoms with E-state index in [1.54, 1.807) is 19.1 Å². The summed E-state index contributed by atoms with van der Waals surface area (Å²) in [7, 11) is 0. The van der Waals surface area contributed by atoms with Crippen LogP contribution in [0.15, 0.2) is 23.3 Å². The average Bonchev–Trinajstić information content (AvgIpc) is 2.40. The number of rotatable bonds is 3. The molecule has 1 unspecified atom stereocenters. The minimum atomic E-state index is -0.296. The van der Waals surface area contributed by atoms with Gasteiger partial charge in [-0.25, -0.2) is 4.39 Å². The van der Waals surface area contributed by atoms with Gasteiger partial charge in [-0.3, -0.25) is 0 Å². The topological polar surface area (TPSA) is 61.2 Å². The summed E-state index contributed by atoms with van der Waals surface area (Å²) in [5.74, 6) is -0.256. The Morgan fingerprint density at radius 1 is 1.44 bits per heavy atom. The number of halogens is 1. The van der Waals surface area contributed by atoms with Gasteiger partial charge in [0.2, 0.25) is 0 Å². The molecule has 1 aromatic rings. The molecule has 1 aliphatic rings. The fraction of sp³-hybridized carbons (Fsp3) is 0.500. The van der Waals surface area contributed by atoms with Crippen molar-refractivity contribution < 1.29 is 9.13 Å². The van der Waals surface area contributed by atoms with E-state index in [0.717, 1.165) is 5.56 Å². The van der Waals surface area contributed by atoms with Gasteiger partial charge in [0.1, 0.15) is 5.82 Å². The molecule has 0 radical (unpaired) electrons. The third-order valence-corrected chi connectivity index (χ3v) is 3.03. The molecule has 6 heteroatoms. The lowest BCUT2D eigenvalue weighted by atomic mass is 10.1. The summed E-state index contributed by atoms with van der Waals surface area (Å²) in [5.41, 5.74) is 9.80. The summed E-state index contributed by atoms with van der Waals surface area (Å²) in [6, 6.07) is 4.53. The van der Waals surface area contributed by atoms with Crippen molar-refractivity contribution in [2.24, 2.45) is 5.11 Å². The van der Waals surface area contributed by atoms with E-state index in [1.807, 2.05) is 4.90 Å². The van der Waals surface area contributed by atoms with Gasteiger partial charge in [-0.05, 0) is 23.2 Å². The second-order valence-corrected chi connectivity index (χ2v) is 4.19. The van der Waals surface area contributed by atoms with Crippen LogP contribution in [-0.2, 0) is 4.74 Å². The van der Waals surface area contributed by atoms with Gasteiger partial charge >= 0.3 is 0 Å². The molecule has 0 saturated carbocycles. The van der Waals surface area contributed by atoms with Gasteiger partial charge in [-0.2, -0.15) is 0 Å². The molecule has 0 bridgehead atoms. The van der Waals surface area contributed by atoms with Crippen LogP contribution >= 0.6 is 0 Å². The van der Waals surface area contributed by atoms with Gasteiger partial charge in [-0.15, -0.1) is 0 Å². The van der Waals surface area contributed by atoms with Crippen LogP contribution in [0.2, 0.25) is 0 Å². The zero-order chi connectivity index (χ0) is 13.0. The van der Waals surface area contributed by atoms with Crippen LogP contribution in [0.1, 0.15) is 18.5 Å². The first-order chi connectivity index (χ1) is 8.72. The zero-order valence-electron chi connectivity index (χ0n) is 10.2. The predicted molar refractivity (Wildman–Crippen MR) is 67.0 cm³/mol. The van der Waals surface area contributed by atoms with E-state index in [2.05, 4.69) is 10.0 Å². The Morgan fingerprint density at radius 2 is 2.17 bits per heavy atom. The van der Waals surface area contributed by atoms with Gasteiger partial charge in [0.05, 0.1) is 24.9 Å². The minimum absolute atomic E-state index is 0.256. The molecule has 96 valence electrons. The summed E-state index contributed by atoms with van der Waals surface area (Å²) >= 11 is 0. The van der Waals surface area contributed by atoms with Crippen molar-refractivity contribution in [3.63, 3.8) is 0 Å². The largest absolute Gasteiger partial charge is 0.378 e. The van der Waals surface area contributed by atoms with E-state index in [1.165, 1.54) is 6.07 Å². The Bertz CT molecular complexity index is 467. The molecular formula is C12H15FN4O. The van der Waals surface area contributed by atoms with Crippen molar-refractivity contribution in [2.75, 3.05) is 31.2 Å². The summed E-state index contributed by atoms with van der Waals surface area (Å²) in [5, 5.41) is 3.63. The molecule has 0 aliphatic carbocycles. The normalized spacial score (nSPS) is 17.1. The number of benzene rings is 1. The minimum Gasteiger partial charge on any atom is -0.378 e. The molecule has 1 atom stereocenters. The average molecular weight is 250 g/mol. The van der Waals surface area contributed by atoms with Crippen LogP contribution in [-0.4, -0.2) is 26.3 Å². The van der Waals surface area contributed by atoms with Crippen LogP contribution < -0.4 is 4.90 Å². The highest BCUT2D eigenvalue weighted by Gasteiger charge is 2.16. The highest BCUT2D eigenvalue weighted by molar-refractivity contribution is 5.51. The molecule has 0 aromatic heterocycles. The van der Waals surface area contributed by atoms with E-state index < -0.39 is 0 Å². The number of anilines is 1. The van der Waals surface area contributed by atoms with Crippen LogP contribution in [0.25, 0.3) is 10.4 Å². The van der Waals surface area contributed by atoms with Crippen molar-refractivity contribution in [1.29, 1.82) is 0 Å². The second-order valence-electron chi connectivity index (χ2n) is 4.19. The van der Waals surface area contributed by atoms with Gasteiger partial charge in [0.25, 0.3) is 0 Å². The molecule has 18 heavy (non-hydrogen) atoms. The molecule has 0 spiro atoms. The quantitative estimate of drug-likeness (QED) is 0.470. The summed E-state index contributed by atoms with van der Waals surface area (Å²) in [6.45, 7) is 4.35. The smallest absolute Gasteiger partial charge is 0.146 e. The van der Waals surface area contributed by atoms with Crippen molar-refractivity contribution >= 4 is 5.69 Å². The zero-order valence-corrected chi connectivity index (χ0v) is 10.2. The lowest BCUT2D eigenvalue weighted by Gasteiger charge is -2.29. The number of azide groups is 1. The lowest BCUT2D eigenvalue weighted by molar-refractivity contribution is 0.122.